The Kier molecular flexibility index (Phi) is 5.13. The lowest BCUT2D eigenvalue weighted by molar-refractivity contribution is 0.400. The maximum Gasteiger partial charge on any atom is 0.0206 e. The molecule has 0 bridgehead atoms. The van der Waals surface area contributed by atoms with E-state index in [-0.39, 0.29) is 0 Å². The van der Waals surface area contributed by atoms with Crippen LogP contribution in [-0.4, -0.2) is 32.1 Å². The molecule has 99 valence electrons. The average molecular weight is 253 g/mol. The van der Waals surface area contributed by atoms with Gasteiger partial charge in [-0.05, 0) is 42.9 Å². The van der Waals surface area contributed by atoms with Crippen LogP contribution in [0, 0.1) is 6.07 Å². The van der Waals surface area contributed by atoms with Gasteiger partial charge in [0.25, 0.3) is 0 Å². The Balaban J connectivity index is 1.88. The molecule has 0 spiro atoms. The molecule has 0 aliphatic heterocycles. The summed E-state index contributed by atoms with van der Waals surface area (Å²) in [6.45, 7) is 3.01. The SMILES string of the molecule is CN(C)CCNCc1ccc(-c2c[c]ccc2)cc1. The van der Waals surface area contributed by atoms with Crippen molar-refractivity contribution in [2.45, 2.75) is 6.54 Å². The number of hydrogen-bond acceptors (Lipinski definition) is 2. The molecule has 0 atom stereocenters. The fourth-order valence-electron chi connectivity index (χ4n) is 1.92. The normalized spacial score (nSPS) is 10.9. The molecule has 0 heterocycles. The first-order valence-electron chi connectivity index (χ1n) is 6.66. The van der Waals surface area contributed by atoms with E-state index in [1.54, 1.807) is 0 Å². The van der Waals surface area contributed by atoms with Gasteiger partial charge >= 0.3 is 0 Å². The molecule has 2 aromatic rings. The smallest absolute Gasteiger partial charge is 0.0206 e. The Morgan fingerprint density at radius 3 is 2.47 bits per heavy atom. The van der Waals surface area contributed by atoms with Crippen LogP contribution in [0.25, 0.3) is 11.1 Å². The number of nitrogens with one attached hydrogen (secondary N) is 1. The van der Waals surface area contributed by atoms with E-state index >= 15 is 0 Å². The van der Waals surface area contributed by atoms with Gasteiger partial charge in [0.1, 0.15) is 0 Å². The van der Waals surface area contributed by atoms with Crippen LogP contribution in [0.4, 0.5) is 0 Å². The van der Waals surface area contributed by atoms with E-state index in [1.165, 1.54) is 16.7 Å². The maximum absolute atomic E-state index is 3.44. The van der Waals surface area contributed by atoms with Crippen molar-refractivity contribution in [1.29, 1.82) is 0 Å². The number of hydrogen-bond donors (Lipinski definition) is 1. The molecule has 2 nitrogen and oxygen atoms in total. The lowest BCUT2D eigenvalue weighted by Crippen LogP contribution is -2.26. The minimum Gasteiger partial charge on any atom is -0.311 e. The average Bonchev–Trinajstić information content (AvgIpc) is 2.45. The lowest BCUT2D eigenvalue weighted by atomic mass is 10.0. The van der Waals surface area contributed by atoms with Crippen LogP contribution in [0.1, 0.15) is 5.56 Å². The molecule has 1 N–H and O–H groups in total. The van der Waals surface area contributed by atoms with Gasteiger partial charge in [-0.25, -0.2) is 0 Å². The van der Waals surface area contributed by atoms with Crippen molar-refractivity contribution in [2.24, 2.45) is 0 Å². The first kappa shape index (κ1) is 13.8. The predicted octanol–water partition coefficient (Wildman–Crippen LogP) is 2.80. The summed E-state index contributed by atoms with van der Waals surface area (Å²) in [5.74, 6) is 0. The molecule has 0 aliphatic rings. The minimum atomic E-state index is 0.926. The highest BCUT2D eigenvalue weighted by Crippen LogP contribution is 2.18. The first-order chi connectivity index (χ1) is 9.25. The minimum absolute atomic E-state index is 0.926. The van der Waals surface area contributed by atoms with Crippen LogP contribution in [0.15, 0.2) is 48.5 Å². The third-order valence-electron chi connectivity index (χ3n) is 3.06. The second-order valence-corrected chi connectivity index (χ2v) is 4.97. The molecule has 0 aromatic heterocycles. The third-order valence-corrected chi connectivity index (χ3v) is 3.06. The molecule has 2 aromatic carbocycles. The highest BCUT2D eigenvalue weighted by Gasteiger charge is 1.97. The summed E-state index contributed by atoms with van der Waals surface area (Å²) in [6, 6.07) is 19.9. The van der Waals surface area contributed by atoms with Crippen molar-refractivity contribution in [3.63, 3.8) is 0 Å². The standard InChI is InChI=1S/C17H21N2/c1-19(2)13-12-18-14-15-8-10-17(11-9-15)16-6-4-3-5-7-16/h3-4,6-11,18H,12-14H2,1-2H3. The maximum atomic E-state index is 3.44. The lowest BCUT2D eigenvalue weighted by Gasteiger charge is -2.10. The summed E-state index contributed by atoms with van der Waals surface area (Å²) in [4.78, 5) is 2.18. The number of benzene rings is 2. The van der Waals surface area contributed by atoms with Crippen molar-refractivity contribution in [2.75, 3.05) is 27.2 Å². The van der Waals surface area contributed by atoms with Gasteiger partial charge in [-0.3, -0.25) is 0 Å². The van der Waals surface area contributed by atoms with Gasteiger partial charge in [0.15, 0.2) is 0 Å². The summed E-state index contributed by atoms with van der Waals surface area (Å²) in [5, 5.41) is 3.44. The van der Waals surface area contributed by atoms with Crippen LogP contribution in [0.2, 0.25) is 0 Å². The molecule has 0 fully saturated rings. The van der Waals surface area contributed by atoms with E-state index < -0.39 is 0 Å². The summed E-state index contributed by atoms with van der Waals surface area (Å²) in [5.41, 5.74) is 3.78. The quantitative estimate of drug-likeness (QED) is 0.796. The zero-order valence-corrected chi connectivity index (χ0v) is 11.7. The van der Waals surface area contributed by atoms with E-state index in [9.17, 15) is 0 Å². The highest BCUT2D eigenvalue weighted by molar-refractivity contribution is 5.63. The second-order valence-electron chi connectivity index (χ2n) is 4.97. The molecule has 0 aliphatic carbocycles. The van der Waals surface area contributed by atoms with Gasteiger partial charge < -0.3 is 10.2 Å². The monoisotopic (exact) mass is 253 g/mol. The van der Waals surface area contributed by atoms with E-state index in [1.807, 2.05) is 18.2 Å². The Bertz CT molecular complexity index is 474. The van der Waals surface area contributed by atoms with Gasteiger partial charge in [-0.1, -0.05) is 42.5 Å². The van der Waals surface area contributed by atoms with Gasteiger partial charge in [0.05, 0.1) is 0 Å². The zero-order chi connectivity index (χ0) is 13.5. The highest BCUT2D eigenvalue weighted by atomic mass is 15.1. The Morgan fingerprint density at radius 2 is 1.84 bits per heavy atom. The molecule has 1 radical (unpaired) electrons. The van der Waals surface area contributed by atoms with Crippen LogP contribution in [0.3, 0.4) is 0 Å². The van der Waals surface area contributed by atoms with Gasteiger partial charge in [0.2, 0.25) is 0 Å². The van der Waals surface area contributed by atoms with Crippen molar-refractivity contribution in [3.05, 3.63) is 60.2 Å². The molecule has 0 unspecified atom stereocenters. The van der Waals surface area contributed by atoms with Crippen LogP contribution < -0.4 is 5.32 Å². The number of rotatable bonds is 6. The van der Waals surface area contributed by atoms with Gasteiger partial charge in [-0.2, -0.15) is 0 Å². The van der Waals surface area contributed by atoms with Crippen LogP contribution in [-0.2, 0) is 6.54 Å². The van der Waals surface area contributed by atoms with Crippen LogP contribution in [0.5, 0.6) is 0 Å². The zero-order valence-electron chi connectivity index (χ0n) is 11.7. The first-order valence-corrected chi connectivity index (χ1v) is 6.66. The van der Waals surface area contributed by atoms with E-state index in [2.05, 4.69) is 60.7 Å². The summed E-state index contributed by atoms with van der Waals surface area (Å²) in [7, 11) is 4.18. The molecule has 2 rings (SSSR count). The Morgan fingerprint density at radius 1 is 1.05 bits per heavy atom. The van der Waals surface area contributed by atoms with Gasteiger partial charge in [0, 0.05) is 19.6 Å². The predicted molar refractivity (Wildman–Crippen MR) is 81.0 cm³/mol. The summed E-state index contributed by atoms with van der Waals surface area (Å²) in [6.07, 6.45) is 0. The van der Waals surface area contributed by atoms with Crippen molar-refractivity contribution in [3.8, 4) is 11.1 Å². The number of nitrogens with zero attached hydrogens (tertiary/aromatic N) is 1. The molecule has 19 heavy (non-hydrogen) atoms. The summed E-state index contributed by atoms with van der Waals surface area (Å²) >= 11 is 0. The largest absolute Gasteiger partial charge is 0.311 e. The molecule has 0 saturated heterocycles. The Hall–Kier alpha value is -1.64. The fourth-order valence-corrected chi connectivity index (χ4v) is 1.92. The Labute approximate surface area is 116 Å². The topological polar surface area (TPSA) is 15.3 Å². The van der Waals surface area contributed by atoms with E-state index in [4.69, 9.17) is 0 Å². The second kappa shape index (κ2) is 7.07. The van der Waals surface area contributed by atoms with Crippen molar-refractivity contribution >= 4 is 0 Å². The molecular weight excluding hydrogens is 232 g/mol. The fraction of sp³-hybridized carbons (Fsp3) is 0.294. The molecule has 0 saturated carbocycles. The van der Waals surface area contributed by atoms with E-state index in [0.29, 0.717) is 0 Å². The van der Waals surface area contributed by atoms with Crippen LogP contribution >= 0.6 is 0 Å². The van der Waals surface area contributed by atoms with E-state index in [0.717, 1.165) is 19.6 Å². The molecule has 0 amide bonds. The summed E-state index contributed by atoms with van der Waals surface area (Å²) < 4.78 is 0. The third kappa shape index (κ3) is 4.51. The number of likely N-dealkylation sites (N-methyl/N-ethyl adjacent to an activating group) is 1. The van der Waals surface area contributed by atoms with Gasteiger partial charge in [-0.15, -0.1) is 0 Å². The van der Waals surface area contributed by atoms with Crippen molar-refractivity contribution < 1.29 is 0 Å². The van der Waals surface area contributed by atoms with Crippen molar-refractivity contribution in [1.82, 2.24) is 10.2 Å². The molecule has 2 heteroatoms. The molecular formula is C17H21N2.